The Labute approximate surface area is 207 Å². The number of carbonyl (C=O) groups excluding carboxylic acids is 1. The molecule has 1 aliphatic carbocycles. The second-order valence-corrected chi connectivity index (χ2v) is 7.49. The molecule has 3 rings (SSSR count). The predicted molar refractivity (Wildman–Crippen MR) is 142 cm³/mol. The Morgan fingerprint density at radius 1 is 0.656 bits per heavy atom. The molecule has 32 heavy (non-hydrogen) atoms. The van der Waals surface area contributed by atoms with Gasteiger partial charge in [-0.25, -0.2) is 0 Å². The van der Waals surface area contributed by atoms with Crippen molar-refractivity contribution in [2.24, 2.45) is 0 Å². The van der Waals surface area contributed by atoms with Crippen LogP contribution in [0.3, 0.4) is 0 Å². The summed E-state index contributed by atoms with van der Waals surface area (Å²) in [6.07, 6.45) is 0. The predicted octanol–water partition coefficient (Wildman–Crippen LogP) is 5.39. The maximum absolute atomic E-state index is 13.0. The molecule has 0 fully saturated rings. The highest BCUT2D eigenvalue weighted by atomic mass is 127. The summed E-state index contributed by atoms with van der Waals surface area (Å²) < 4.78 is 11.8. The van der Waals surface area contributed by atoms with Gasteiger partial charge < -0.3 is 19.3 Å². The van der Waals surface area contributed by atoms with Crippen LogP contribution in [0.4, 0.5) is 0 Å². The quantitative estimate of drug-likeness (QED) is 0.223. The van der Waals surface area contributed by atoms with Crippen molar-refractivity contribution in [3.05, 3.63) is 47.5 Å². The van der Waals surface area contributed by atoms with Crippen LogP contribution in [0.15, 0.2) is 36.4 Å². The molecule has 0 heterocycles. The lowest BCUT2D eigenvalue weighted by Crippen LogP contribution is -2.27. The molecule has 0 saturated heterocycles. The molecule has 0 aliphatic heterocycles. The average molecular weight is 552 g/mol. The van der Waals surface area contributed by atoms with Gasteiger partial charge in [-0.2, -0.15) is 0 Å². The number of ether oxygens (including phenoxy) is 2. The fraction of sp³-hybridized carbons (Fsp3) is 0.500. The Morgan fingerprint density at radius 3 is 1.38 bits per heavy atom. The summed E-state index contributed by atoms with van der Waals surface area (Å²) in [5.74, 6) is 1.54. The van der Waals surface area contributed by atoms with Crippen LogP contribution in [-0.4, -0.2) is 73.0 Å². The average Bonchev–Trinajstić information content (AvgIpc) is 3.12. The Bertz CT molecular complexity index is 795. The molecule has 5 nitrogen and oxygen atoms in total. The van der Waals surface area contributed by atoms with Crippen molar-refractivity contribution in [2.75, 3.05) is 57.4 Å². The molecule has 0 bridgehead atoms. The molecule has 0 N–H and O–H groups in total. The van der Waals surface area contributed by atoms with E-state index in [0.717, 1.165) is 61.9 Å². The van der Waals surface area contributed by atoms with Crippen molar-refractivity contribution in [1.29, 1.82) is 0 Å². The lowest BCUT2D eigenvalue weighted by Gasteiger charge is -2.18. The monoisotopic (exact) mass is 552 g/mol. The third kappa shape index (κ3) is 6.68. The van der Waals surface area contributed by atoms with Crippen LogP contribution in [0.5, 0.6) is 11.5 Å². The largest absolute Gasteiger partial charge is 0.492 e. The van der Waals surface area contributed by atoms with Crippen LogP contribution in [0.25, 0.3) is 11.1 Å². The van der Waals surface area contributed by atoms with Crippen molar-refractivity contribution in [1.82, 2.24) is 9.80 Å². The Hall–Kier alpha value is -1.64. The second-order valence-electron chi connectivity index (χ2n) is 7.49. The minimum atomic E-state index is 0.0448. The van der Waals surface area contributed by atoms with Gasteiger partial charge in [-0.05, 0) is 78.6 Å². The zero-order valence-electron chi connectivity index (χ0n) is 20.1. The molecule has 0 spiro atoms. The van der Waals surface area contributed by atoms with Crippen LogP contribution in [-0.2, 0) is 0 Å². The van der Waals surface area contributed by atoms with Crippen molar-refractivity contribution >= 4 is 28.4 Å². The molecule has 176 valence electrons. The lowest BCUT2D eigenvalue weighted by atomic mass is 10.1. The number of hydrogen-bond donors (Lipinski definition) is 0. The van der Waals surface area contributed by atoms with Gasteiger partial charge in [0.1, 0.15) is 24.7 Å². The highest BCUT2D eigenvalue weighted by Crippen LogP contribution is 2.39. The second kappa shape index (κ2) is 13.8. The number of likely N-dealkylation sites (N-methyl/N-ethyl adjacent to an activating group) is 2. The Kier molecular flexibility index (Phi) is 11.5. The first kappa shape index (κ1) is 26.6. The van der Waals surface area contributed by atoms with Crippen molar-refractivity contribution < 1.29 is 14.3 Å². The van der Waals surface area contributed by atoms with E-state index in [0.29, 0.717) is 24.3 Å². The first-order valence-electron chi connectivity index (χ1n) is 11.5. The highest BCUT2D eigenvalue weighted by molar-refractivity contribution is 14.1. The van der Waals surface area contributed by atoms with E-state index in [2.05, 4.69) is 60.1 Å². The van der Waals surface area contributed by atoms with E-state index < -0.39 is 0 Å². The van der Waals surface area contributed by atoms with Gasteiger partial charge >= 0.3 is 0 Å². The van der Waals surface area contributed by atoms with Crippen molar-refractivity contribution in [3.63, 3.8) is 0 Å². The SMILES string of the molecule is CCN(CC)CCOc1ccc2c(c1)C(=O)c1cc(OCCN(CC)CC)ccc1-2.CI. The van der Waals surface area contributed by atoms with E-state index in [1.54, 1.807) is 0 Å². The molecule has 0 radical (unpaired) electrons. The number of hydrogen-bond acceptors (Lipinski definition) is 5. The van der Waals surface area contributed by atoms with Gasteiger partial charge in [0.15, 0.2) is 5.78 Å². The van der Waals surface area contributed by atoms with E-state index >= 15 is 0 Å². The third-order valence-electron chi connectivity index (χ3n) is 5.90. The van der Waals surface area contributed by atoms with E-state index in [1.165, 1.54) is 0 Å². The van der Waals surface area contributed by atoms with Crippen LogP contribution in [0, 0.1) is 0 Å². The maximum Gasteiger partial charge on any atom is 0.194 e. The van der Waals surface area contributed by atoms with E-state index in [-0.39, 0.29) is 5.78 Å². The van der Waals surface area contributed by atoms with Crippen LogP contribution < -0.4 is 9.47 Å². The Morgan fingerprint density at radius 2 is 1.03 bits per heavy atom. The zero-order chi connectivity index (χ0) is 23.5. The summed E-state index contributed by atoms with van der Waals surface area (Å²) in [7, 11) is 0. The number of benzene rings is 2. The van der Waals surface area contributed by atoms with Crippen molar-refractivity contribution in [2.45, 2.75) is 27.7 Å². The standard InChI is InChI=1S/C25H34N2O3.CH3I/c1-5-26(6-2)13-15-29-19-9-11-21-22-12-10-20(30-16-14-27(7-3)8-4)18-24(22)25(28)23(21)17-19;1-2/h9-12,17-18H,5-8,13-16H2,1-4H3;1H3. The fourth-order valence-corrected chi connectivity index (χ4v) is 3.88. The van der Waals surface area contributed by atoms with E-state index in [4.69, 9.17) is 9.47 Å². The van der Waals surface area contributed by atoms with Crippen molar-refractivity contribution in [3.8, 4) is 22.6 Å². The van der Waals surface area contributed by atoms with E-state index in [1.807, 2.05) is 41.3 Å². The molecule has 2 aromatic rings. The summed E-state index contributed by atoms with van der Waals surface area (Å²) >= 11 is 2.15. The van der Waals surface area contributed by atoms with Gasteiger partial charge in [0, 0.05) is 24.2 Å². The van der Waals surface area contributed by atoms with Crippen LogP contribution in [0.1, 0.15) is 43.6 Å². The van der Waals surface area contributed by atoms with Crippen LogP contribution >= 0.6 is 22.6 Å². The molecule has 1 aliphatic rings. The summed E-state index contributed by atoms with van der Waals surface area (Å²) in [5.41, 5.74) is 3.37. The summed E-state index contributed by atoms with van der Waals surface area (Å²) in [4.78, 5) is 19.6. The van der Waals surface area contributed by atoms with Crippen LogP contribution in [0.2, 0.25) is 0 Å². The number of nitrogens with zero attached hydrogens (tertiary/aromatic N) is 2. The normalized spacial score (nSPS) is 11.8. The first-order chi connectivity index (χ1) is 15.6. The molecule has 0 atom stereocenters. The number of rotatable bonds is 12. The molecule has 0 aromatic heterocycles. The third-order valence-corrected chi connectivity index (χ3v) is 5.90. The molecule has 6 heteroatoms. The highest BCUT2D eigenvalue weighted by Gasteiger charge is 2.27. The minimum absolute atomic E-state index is 0.0448. The Balaban J connectivity index is 0.00000176. The molecule has 0 unspecified atom stereocenters. The zero-order valence-corrected chi connectivity index (χ0v) is 22.3. The molecule has 0 saturated carbocycles. The summed E-state index contributed by atoms with van der Waals surface area (Å²) in [6.45, 7) is 15.6. The molecule has 0 amide bonds. The summed E-state index contributed by atoms with van der Waals surface area (Å²) in [5, 5.41) is 0. The topological polar surface area (TPSA) is 42.0 Å². The lowest BCUT2D eigenvalue weighted by molar-refractivity contribution is 0.104. The molecule has 2 aromatic carbocycles. The first-order valence-corrected chi connectivity index (χ1v) is 13.7. The van der Waals surface area contributed by atoms with Gasteiger partial charge in [-0.1, -0.05) is 50.3 Å². The summed E-state index contributed by atoms with van der Waals surface area (Å²) in [6, 6.07) is 11.6. The smallest absolute Gasteiger partial charge is 0.194 e. The van der Waals surface area contributed by atoms with E-state index in [9.17, 15) is 4.79 Å². The van der Waals surface area contributed by atoms with Gasteiger partial charge in [0.05, 0.1) is 0 Å². The number of alkyl halides is 1. The van der Waals surface area contributed by atoms with Gasteiger partial charge in [0.25, 0.3) is 0 Å². The molecular weight excluding hydrogens is 515 g/mol. The number of fused-ring (bicyclic) bond motifs is 3. The molecular formula is C26H37IN2O3. The number of ketones is 1. The van der Waals surface area contributed by atoms with Gasteiger partial charge in [-0.15, -0.1) is 0 Å². The minimum Gasteiger partial charge on any atom is -0.492 e. The maximum atomic E-state index is 13.0. The number of carbonyl (C=O) groups is 1. The van der Waals surface area contributed by atoms with Gasteiger partial charge in [-0.3, -0.25) is 4.79 Å². The van der Waals surface area contributed by atoms with Gasteiger partial charge in [0.2, 0.25) is 0 Å². The number of halogens is 1. The fourth-order valence-electron chi connectivity index (χ4n) is 3.88.